The molecule has 5 rings (SSSR count). The highest BCUT2D eigenvalue weighted by molar-refractivity contribution is 7.90. The van der Waals surface area contributed by atoms with Crippen molar-refractivity contribution in [3.63, 3.8) is 0 Å². The Labute approximate surface area is 256 Å². The molecule has 1 unspecified atom stereocenters. The van der Waals surface area contributed by atoms with E-state index in [0.717, 1.165) is 36.3 Å². The predicted octanol–water partition coefficient (Wildman–Crippen LogP) is 6.14. The number of fused-ring (bicyclic) bond motifs is 6. The van der Waals surface area contributed by atoms with E-state index in [1.165, 1.54) is 6.07 Å². The Bertz CT molecular complexity index is 1640. The molecule has 0 aliphatic carbocycles. The van der Waals surface area contributed by atoms with Gasteiger partial charge in [-0.2, -0.15) is 8.42 Å². The normalized spacial score (nSPS) is 22.0. The molecule has 10 heteroatoms. The van der Waals surface area contributed by atoms with Crippen LogP contribution in [0.25, 0.3) is 0 Å². The van der Waals surface area contributed by atoms with Crippen molar-refractivity contribution < 1.29 is 13.2 Å². The van der Waals surface area contributed by atoms with Crippen LogP contribution >= 0.6 is 0 Å². The Morgan fingerprint density at radius 2 is 1.53 bits per heavy atom. The lowest BCUT2D eigenvalue weighted by molar-refractivity contribution is 0.0981. The molecular formula is C33H44N6O3S. The zero-order valence-electron chi connectivity index (χ0n) is 26.5. The number of carbonyl (C=O) groups is 1. The van der Waals surface area contributed by atoms with Crippen molar-refractivity contribution in [2.75, 3.05) is 16.8 Å². The summed E-state index contributed by atoms with van der Waals surface area (Å²) in [5, 5.41) is 3.24. The van der Waals surface area contributed by atoms with Crippen LogP contribution in [-0.2, 0) is 20.9 Å². The van der Waals surface area contributed by atoms with E-state index in [9.17, 15) is 13.2 Å². The number of amides is 1. The first-order chi connectivity index (χ1) is 19.9. The van der Waals surface area contributed by atoms with Gasteiger partial charge in [0.1, 0.15) is 11.6 Å². The molecule has 2 aliphatic rings. The molecule has 230 valence electrons. The zero-order valence-corrected chi connectivity index (χ0v) is 27.3. The second-order valence-corrected chi connectivity index (χ2v) is 16.2. The number of anilines is 2. The summed E-state index contributed by atoms with van der Waals surface area (Å²) >= 11 is 0. The third-order valence-corrected chi connectivity index (χ3v) is 9.64. The fraction of sp³-hybridized carbons (Fsp3) is 0.515. The van der Waals surface area contributed by atoms with Crippen molar-refractivity contribution in [3.8, 4) is 0 Å². The quantitative estimate of drug-likeness (QED) is 0.340. The van der Waals surface area contributed by atoms with E-state index in [1.54, 1.807) is 18.2 Å². The summed E-state index contributed by atoms with van der Waals surface area (Å²) in [6.45, 7) is 17.7. The van der Waals surface area contributed by atoms with Gasteiger partial charge in [-0.15, -0.1) is 0 Å². The highest BCUT2D eigenvalue weighted by atomic mass is 32.2. The molecule has 1 amide bonds. The van der Waals surface area contributed by atoms with Crippen LogP contribution < -0.4 is 14.9 Å². The van der Waals surface area contributed by atoms with Gasteiger partial charge >= 0.3 is 0 Å². The Hall–Kier alpha value is -3.53. The van der Waals surface area contributed by atoms with E-state index in [2.05, 4.69) is 75.3 Å². The molecule has 2 aliphatic heterocycles. The summed E-state index contributed by atoms with van der Waals surface area (Å²) < 4.78 is 29.2. The molecule has 9 nitrogen and oxygen atoms in total. The molecule has 1 fully saturated rings. The van der Waals surface area contributed by atoms with Gasteiger partial charge in [0, 0.05) is 34.3 Å². The van der Waals surface area contributed by atoms with Gasteiger partial charge in [-0.3, -0.25) is 9.78 Å². The number of carbonyl (C=O) groups excluding carboxylic acids is 1. The molecule has 2 N–H and O–H groups in total. The fourth-order valence-corrected chi connectivity index (χ4v) is 6.95. The number of hydrogen-bond donors (Lipinski definition) is 2. The molecule has 3 aromatic rings. The smallest absolute Gasteiger partial charge is 0.281 e. The Morgan fingerprint density at radius 1 is 0.860 bits per heavy atom. The van der Waals surface area contributed by atoms with Gasteiger partial charge in [0.15, 0.2) is 5.03 Å². The summed E-state index contributed by atoms with van der Waals surface area (Å²) in [4.78, 5) is 30.3. The van der Waals surface area contributed by atoms with Crippen molar-refractivity contribution in [1.29, 1.82) is 0 Å². The molecule has 0 spiro atoms. The van der Waals surface area contributed by atoms with E-state index >= 15 is 0 Å². The number of aromatic nitrogens is 3. The molecule has 5 heterocycles. The lowest BCUT2D eigenvalue weighted by Crippen LogP contribution is -2.41. The summed E-state index contributed by atoms with van der Waals surface area (Å²) in [6.07, 6.45) is 2.58. The van der Waals surface area contributed by atoms with Crippen molar-refractivity contribution in [3.05, 3.63) is 71.2 Å². The fourth-order valence-electron chi connectivity index (χ4n) is 6.01. The van der Waals surface area contributed by atoms with Gasteiger partial charge in [-0.05, 0) is 75.4 Å². The van der Waals surface area contributed by atoms with Gasteiger partial charge in [-0.25, -0.2) is 14.7 Å². The third kappa shape index (κ3) is 6.54. The molecule has 0 saturated carbocycles. The number of hydrogen-bond acceptors (Lipinski definition) is 8. The number of nitrogens with one attached hydrogen (secondary N) is 2. The summed E-state index contributed by atoms with van der Waals surface area (Å²) in [5.74, 6) is 0.523. The first-order valence-corrected chi connectivity index (χ1v) is 16.5. The molecule has 0 radical (unpaired) electrons. The predicted molar refractivity (Wildman–Crippen MR) is 170 cm³/mol. The summed E-state index contributed by atoms with van der Waals surface area (Å²) in [5.41, 5.74) is 2.27. The maximum atomic E-state index is 13.6. The van der Waals surface area contributed by atoms with Gasteiger partial charge in [0.2, 0.25) is 0 Å². The third-order valence-electron chi connectivity index (χ3n) is 8.41. The molecular weight excluding hydrogens is 560 g/mol. The standard InChI is InChI=1S/C33H44N6O3S/c1-31(2,3)25-12-9-11-23(34-25)24-17-15-21-19-33(7,8)39(20-21)29-22(16-18-26(36-29)32(4,5)6)30(40)38-43(41,42)28-14-10-13-27(35-24)37-28/h9-14,16,18,21,24H,15,17,19-20H2,1-8H3,(H,35,37)(H,38,40)/t21-,24?/m0/s1. The summed E-state index contributed by atoms with van der Waals surface area (Å²) in [7, 11) is -4.27. The first-order valence-electron chi connectivity index (χ1n) is 15.0. The lowest BCUT2D eigenvalue weighted by atomic mass is 9.90. The van der Waals surface area contributed by atoms with Crippen LogP contribution in [0.1, 0.15) is 108 Å². The van der Waals surface area contributed by atoms with E-state index in [1.807, 2.05) is 24.3 Å². The monoisotopic (exact) mass is 604 g/mol. The van der Waals surface area contributed by atoms with Crippen LogP contribution in [0, 0.1) is 5.92 Å². The van der Waals surface area contributed by atoms with Crippen LogP contribution in [0.4, 0.5) is 11.6 Å². The van der Waals surface area contributed by atoms with Gasteiger partial charge in [0.25, 0.3) is 15.9 Å². The Morgan fingerprint density at radius 3 is 2.23 bits per heavy atom. The Balaban J connectivity index is 1.62. The molecule has 4 bridgehead atoms. The van der Waals surface area contributed by atoms with Crippen molar-refractivity contribution >= 4 is 27.6 Å². The molecule has 43 heavy (non-hydrogen) atoms. The zero-order chi connectivity index (χ0) is 31.4. The first kappa shape index (κ1) is 30.9. The number of rotatable bonds is 1. The molecule has 0 aromatic carbocycles. The van der Waals surface area contributed by atoms with E-state index < -0.39 is 15.9 Å². The second kappa shape index (κ2) is 10.9. The topological polar surface area (TPSA) is 117 Å². The van der Waals surface area contributed by atoms with E-state index in [-0.39, 0.29) is 33.0 Å². The van der Waals surface area contributed by atoms with Gasteiger partial charge in [-0.1, -0.05) is 53.7 Å². The average molecular weight is 605 g/mol. The Kier molecular flexibility index (Phi) is 7.82. The van der Waals surface area contributed by atoms with E-state index in [4.69, 9.17) is 9.97 Å². The average Bonchev–Trinajstić information content (AvgIpc) is 3.23. The van der Waals surface area contributed by atoms with Crippen LogP contribution in [-0.4, -0.2) is 41.4 Å². The molecule has 2 atom stereocenters. The van der Waals surface area contributed by atoms with Crippen LogP contribution in [0.5, 0.6) is 0 Å². The van der Waals surface area contributed by atoms with Gasteiger partial charge < -0.3 is 10.2 Å². The largest absolute Gasteiger partial charge is 0.362 e. The summed E-state index contributed by atoms with van der Waals surface area (Å²) in [6, 6.07) is 14.2. The number of nitrogens with zero attached hydrogens (tertiary/aromatic N) is 4. The maximum Gasteiger partial charge on any atom is 0.281 e. The minimum absolute atomic E-state index is 0.122. The minimum atomic E-state index is -4.27. The van der Waals surface area contributed by atoms with Gasteiger partial charge in [0.05, 0.1) is 17.3 Å². The lowest BCUT2D eigenvalue weighted by Gasteiger charge is -2.34. The maximum absolute atomic E-state index is 13.6. The van der Waals surface area contributed by atoms with E-state index in [0.29, 0.717) is 24.1 Å². The highest BCUT2D eigenvalue weighted by Gasteiger charge is 2.41. The SMILES string of the molecule is CC(C)(C)c1cccc(C2CC[C@@H]3CN(c4nc(C(C)(C)C)ccc4C(=O)NS(=O)(=O)c4cccc(n4)N2)C(C)(C)C3)n1. The van der Waals surface area contributed by atoms with Crippen LogP contribution in [0.2, 0.25) is 0 Å². The minimum Gasteiger partial charge on any atom is -0.362 e. The van der Waals surface area contributed by atoms with Crippen LogP contribution in [0.15, 0.2) is 53.6 Å². The molecule has 1 saturated heterocycles. The van der Waals surface area contributed by atoms with Crippen molar-refractivity contribution in [1.82, 2.24) is 19.7 Å². The van der Waals surface area contributed by atoms with Crippen LogP contribution in [0.3, 0.4) is 0 Å². The van der Waals surface area contributed by atoms with Crippen molar-refractivity contribution in [2.24, 2.45) is 5.92 Å². The second-order valence-electron chi connectivity index (χ2n) is 14.6. The number of sulfonamides is 1. The number of pyridine rings is 3. The van der Waals surface area contributed by atoms with Crippen molar-refractivity contribution in [2.45, 2.75) is 102 Å². The molecule has 3 aromatic heterocycles. The highest BCUT2D eigenvalue weighted by Crippen LogP contribution is 2.41.